The van der Waals surface area contributed by atoms with Crippen molar-refractivity contribution in [3.05, 3.63) is 93.2 Å². The van der Waals surface area contributed by atoms with Crippen LogP contribution < -0.4 is 15.2 Å². The number of ketones is 1. The number of fused-ring (bicyclic) bond motifs is 3. The molecule has 0 saturated carbocycles. The molecule has 0 radical (unpaired) electrons. The number of benzene rings is 2. The molecule has 5 aromatic rings. The van der Waals surface area contributed by atoms with Gasteiger partial charge in [0.2, 0.25) is 11.3 Å². The number of ether oxygens (including phenoxy) is 1. The van der Waals surface area contributed by atoms with Gasteiger partial charge >= 0.3 is 0 Å². The number of anilines is 2. The number of nitrogens with zero attached hydrogens (tertiary/aromatic N) is 6. The highest BCUT2D eigenvalue weighted by molar-refractivity contribution is 8.03. The van der Waals surface area contributed by atoms with Gasteiger partial charge in [0.15, 0.2) is 22.8 Å². The summed E-state index contributed by atoms with van der Waals surface area (Å²) in [6.07, 6.45) is 2.86. The second kappa shape index (κ2) is 12.7. The van der Waals surface area contributed by atoms with Gasteiger partial charge in [-0.25, -0.2) is 15.0 Å². The average Bonchev–Trinajstić information content (AvgIpc) is 3.88. The lowest BCUT2D eigenvalue weighted by Gasteiger charge is -2.22. The highest BCUT2D eigenvalue weighted by atomic mass is 32.2. The summed E-state index contributed by atoms with van der Waals surface area (Å²) >= 11 is 3.10. The number of hydrogen-bond acceptors (Lipinski definition) is 12. The van der Waals surface area contributed by atoms with E-state index in [-0.39, 0.29) is 36.0 Å². The van der Waals surface area contributed by atoms with Gasteiger partial charge in [-0.3, -0.25) is 9.36 Å². The van der Waals surface area contributed by atoms with Crippen molar-refractivity contribution in [2.24, 2.45) is 0 Å². The van der Waals surface area contributed by atoms with Gasteiger partial charge in [0.05, 0.1) is 34.6 Å². The minimum atomic E-state index is -0.857. The number of aromatic nitrogens is 5. The maximum atomic E-state index is 13.3. The summed E-state index contributed by atoms with van der Waals surface area (Å²) in [5, 5.41) is 32.8. The number of aryl methyl sites for hydroxylation is 1. The van der Waals surface area contributed by atoms with Gasteiger partial charge in [-0.2, -0.15) is 4.57 Å². The molecule has 1 saturated heterocycles. The Hall–Kier alpha value is -5.04. The van der Waals surface area contributed by atoms with Crippen LogP contribution in [0.5, 0.6) is 0 Å². The van der Waals surface area contributed by atoms with Gasteiger partial charge in [0.25, 0.3) is 5.01 Å². The summed E-state index contributed by atoms with van der Waals surface area (Å²) in [4.78, 5) is 29.6. The van der Waals surface area contributed by atoms with Gasteiger partial charge in [-0.1, -0.05) is 41.2 Å². The highest BCUT2D eigenvalue weighted by Gasteiger charge is 2.37. The van der Waals surface area contributed by atoms with Gasteiger partial charge in [-0.15, -0.1) is 0 Å². The lowest BCUT2D eigenvalue weighted by atomic mass is 9.88. The molecule has 12 nitrogen and oxygen atoms in total. The molecule has 252 valence electrons. The normalized spacial score (nSPS) is 21.8. The van der Waals surface area contributed by atoms with E-state index in [1.807, 2.05) is 37.3 Å². The quantitative estimate of drug-likeness (QED) is 0.114. The highest BCUT2D eigenvalue weighted by Crippen LogP contribution is 2.47. The van der Waals surface area contributed by atoms with E-state index in [2.05, 4.69) is 55.3 Å². The van der Waals surface area contributed by atoms with Crippen molar-refractivity contribution in [2.45, 2.75) is 50.1 Å². The molecule has 2 aliphatic heterocycles. The summed E-state index contributed by atoms with van der Waals surface area (Å²) in [5.41, 5.74) is 10.3. The van der Waals surface area contributed by atoms with Crippen molar-refractivity contribution in [3.8, 4) is 11.8 Å². The summed E-state index contributed by atoms with van der Waals surface area (Å²) in [5.74, 6) is 6.66. The number of aliphatic hydroxyl groups is 3. The number of allylic oxidation sites excluding steroid dienone is 3. The first-order valence-electron chi connectivity index (χ1n) is 16.2. The van der Waals surface area contributed by atoms with Crippen LogP contribution in [0.3, 0.4) is 0 Å². The number of hydrogen-bond donors (Lipinski definition) is 4. The average molecular weight is 707 g/mol. The molecule has 0 amide bonds. The summed E-state index contributed by atoms with van der Waals surface area (Å²) < 4.78 is 10.7. The molecule has 3 aliphatic rings. The predicted molar refractivity (Wildman–Crippen MR) is 191 cm³/mol. The molecule has 0 spiro atoms. The molecule has 0 bridgehead atoms. The largest absolute Gasteiger partial charge is 0.506 e. The van der Waals surface area contributed by atoms with Crippen LogP contribution in [-0.2, 0) is 16.1 Å². The van der Waals surface area contributed by atoms with Crippen molar-refractivity contribution in [1.29, 1.82) is 0 Å². The number of Topliss-reactive ketones (excluding diaryl/α,β-unsaturated/α-hetero) is 1. The Kier molecular flexibility index (Phi) is 8.17. The Labute approximate surface area is 294 Å². The third kappa shape index (κ3) is 5.26. The number of rotatable bonds is 6. The molecular formula is C36H32N7O5S2+. The Balaban J connectivity index is 1.11. The number of thiazole rings is 1. The lowest BCUT2D eigenvalue weighted by molar-refractivity contribution is -0.665. The summed E-state index contributed by atoms with van der Waals surface area (Å²) in [7, 11) is 0. The fraction of sp³-hybridized carbons (Fsp3) is 0.250. The monoisotopic (exact) mass is 706 g/mol. The first-order valence-corrected chi connectivity index (χ1v) is 17.8. The second-order valence-corrected chi connectivity index (χ2v) is 14.0. The number of aliphatic hydroxyl groups excluding tert-OH is 3. The van der Waals surface area contributed by atoms with Crippen molar-refractivity contribution >= 4 is 67.8 Å². The Bertz CT molecular complexity index is 2380. The Morgan fingerprint density at radius 2 is 2.00 bits per heavy atom. The van der Waals surface area contributed by atoms with Crippen LogP contribution in [0.4, 0.5) is 11.5 Å². The molecule has 1 aliphatic carbocycles. The number of nitrogens with two attached hydrogens (primary N) is 1. The van der Waals surface area contributed by atoms with Crippen LogP contribution in [-0.4, -0.2) is 66.0 Å². The first kappa shape index (κ1) is 32.2. The van der Waals surface area contributed by atoms with Gasteiger partial charge in [0, 0.05) is 35.6 Å². The van der Waals surface area contributed by atoms with Crippen LogP contribution in [0.15, 0.2) is 81.7 Å². The van der Waals surface area contributed by atoms with Crippen molar-refractivity contribution in [2.75, 3.05) is 23.8 Å². The van der Waals surface area contributed by atoms with E-state index in [1.165, 1.54) is 17.7 Å². The molecule has 3 aromatic heterocycles. The van der Waals surface area contributed by atoms with E-state index in [0.717, 1.165) is 42.9 Å². The van der Waals surface area contributed by atoms with E-state index in [1.54, 1.807) is 28.5 Å². The van der Waals surface area contributed by atoms with Crippen LogP contribution >= 0.6 is 23.1 Å². The van der Waals surface area contributed by atoms with E-state index < -0.39 is 18.4 Å². The molecule has 5 N–H and O–H groups in total. The molecule has 14 heteroatoms. The summed E-state index contributed by atoms with van der Waals surface area (Å²) in [6.45, 7) is 5.18. The molecule has 0 unspecified atom stereocenters. The van der Waals surface area contributed by atoms with Crippen molar-refractivity contribution < 1.29 is 29.4 Å². The molecule has 3 atom stereocenters. The van der Waals surface area contributed by atoms with Crippen molar-refractivity contribution in [3.63, 3.8) is 0 Å². The number of para-hydroxylation sites is 1. The molecular weight excluding hydrogens is 675 g/mol. The van der Waals surface area contributed by atoms with E-state index in [4.69, 9.17) is 10.5 Å². The first-order chi connectivity index (χ1) is 24.3. The van der Waals surface area contributed by atoms with E-state index in [9.17, 15) is 20.1 Å². The van der Waals surface area contributed by atoms with E-state index >= 15 is 0 Å². The maximum Gasteiger partial charge on any atom is 0.263 e. The number of nitrogen functional groups attached to an aromatic ring is 1. The number of carbonyl (C=O) groups excluding carboxylic acids is 1. The van der Waals surface area contributed by atoms with E-state index in [0.29, 0.717) is 29.1 Å². The Morgan fingerprint density at radius 1 is 1.16 bits per heavy atom. The SMILES string of the molecule is CCN1/C(=C/C2=C(O)C(=C/c3sc4cc(C#Cc5nc6c(N)ncnc6n5[C@H]5C[C@H](O)[C@@H](CO)O5)ccc4[n+]3CC)/C2=O)Sc2ccccc21. The van der Waals surface area contributed by atoms with Crippen LogP contribution in [0.25, 0.3) is 27.5 Å². The number of carbonyl (C=O) groups is 1. The predicted octanol–water partition coefficient (Wildman–Crippen LogP) is 4.22. The molecule has 1 fully saturated rings. The van der Waals surface area contributed by atoms with Crippen LogP contribution in [0, 0.1) is 11.8 Å². The van der Waals surface area contributed by atoms with Crippen molar-refractivity contribution in [1.82, 2.24) is 19.5 Å². The summed E-state index contributed by atoms with van der Waals surface area (Å²) in [6, 6.07) is 14.0. The third-order valence-corrected chi connectivity index (χ3v) is 11.2. The minimum Gasteiger partial charge on any atom is -0.506 e. The topological polar surface area (TPSA) is 164 Å². The van der Waals surface area contributed by atoms with Gasteiger partial charge < -0.3 is 30.7 Å². The van der Waals surface area contributed by atoms with Gasteiger partial charge in [-0.05, 0) is 50.1 Å². The van der Waals surface area contributed by atoms with Crippen LogP contribution in [0.1, 0.15) is 42.9 Å². The molecule has 50 heavy (non-hydrogen) atoms. The van der Waals surface area contributed by atoms with Crippen LogP contribution in [0.2, 0.25) is 0 Å². The zero-order valence-corrected chi connectivity index (χ0v) is 28.7. The smallest absolute Gasteiger partial charge is 0.263 e. The lowest BCUT2D eigenvalue weighted by Crippen LogP contribution is -2.34. The van der Waals surface area contributed by atoms with Gasteiger partial charge in [0.1, 0.15) is 35.7 Å². The zero-order chi connectivity index (χ0) is 34.7. The number of thioether (sulfide) groups is 1. The second-order valence-electron chi connectivity index (χ2n) is 11.9. The maximum absolute atomic E-state index is 13.3. The molecule has 5 heterocycles. The fourth-order valence-corrected chi connectivity index (χ4v) is 8.89. The molecule has 2 aromatic carbocycles. The minimum absolute atomic E-state index is 0.000870. The third-order valence-electron chi connectivity index (χ3n) is 9.03. The zero-order valence-electron chi connectivity index (χ0n) is 27.1. The fourth-order valence-electron chi connectivity index (χ4n) is 6.51. The number of imidazole rings is 1. The Morgan fingerprint density at radius 3 is 2.76 bits per heavy atom. The molecule has 8 rings (SSSR count). The standard InChI is InChI=1S/C36H31N7O5S2/c1-3-41-22-7-5-6-8-26(22)49-30(41)14-20-33(46)21(34(20)47)15-31-42(4-2)23-11-9-19(13-27(23)50-31)10-12-28-40-32-35(37)38-18-39-36(32)43(28)29-16-24(45)25(17-44)48-29/h5-9,11,13-15,18,24-25,29,44-45H,3-4,16-17H2,1-2H3,(H2-,37,38,39,46,47)/p+1/t24-,25+,29+/m0/s1.